The summed E-state index contributed by atoms with van der Waals surface area (Å²) in [6, 6.07) is 0. The van der Waals surface area contributed by atoms with Crippen molar-refractivity contribution in [1.29, 1.82) is 0 Å². The SMILES string of the molecule is CCC(=O)OC1CCC2(C=O)C3CCC4(C)C(C5=CC(=O)OC5)CCC4(O)C3CCC2(O)C1. The fourth-order valence-corrected chi connectivity index (χ4v) is 8.69. The molecule has 1 aliphatic heterocycles. The van der Waals surface area contributed by atoms with Crippen molar-refractivity contribution in [3.8, 4) is 0 Å². The Hall–Kier alpha value is -1.73. The van der Waals surface area contributed by atoms with Gasteiger partial charge in [-0.1, -0.05) is 13.8 Å². The van der Waals surface area contributed by atoms with Crippen LogP contribution in [-0.4, -0.2) is 52.4 Å². The summed E-state index contributed by atoms with van der Waals surface area (Å²) >= 11 is 0. The van der Waals surface area contributed by atoms with E-state index in [0.29, 0.717) is 38.7 Å². The Morgan fingerprint density at radius 2 is 1.91 bits per heavy atom. The van der Waals surface area contributed by atoms with Crippen LogP contribution in [0.1, 0.15) is 78.1 Å². The maximum absolute atomic E-state index is 12.7. The molecule has 5 rings (SSSR count). The first-order valence-corrected chi connectivity index (χ1v) is 12.6. The smallest absolute Gasteiger partial charge is 0.331 e. The molecule has 5 aliphatic rings. The van der Waals surface area contributed by atoms with Gasteiger partial charge in [0.25, 0.3) is 0 Å². The van der Waals surface area contributed by atoms with E-state index in [0.717, 1.165) is 31.1 Å². The van der Waals surface area contributed by atoms with E-state index in [1.807, 2.05) is 0 Å². The molecule has 1 heterocycles. The maximum atomic E-state index is 12.7. The molecule has 0 aromatic heterocycles. The Morgan fingerprint density at radius 1 is 1.15 bits per heavy atom. The van der Waals surface area contributed by atoms with E-state index in [1.165, 1.54) is 0 Å². The highest BCUT2D eigenvalue weighted by Gasteiger charge is 2.71. The van der Waals surface area contributed by atoms with E-state index in [-0.39, 0.29) is 54.1 Å². The third-order valence-corrected chi connectivity index (χ3v) is 10.4. The zero-order valence-electron chi connectivity index (χ0n) is 19.7. The van der Waals surface area contributed by atoms with Gasteiger partial charge in [-0.05, 0) is 74.7 Å². The highest BCUT2D eigenvalue weighted by molar-refractivity contribution is 5.85. The van der Waals surface area contributed by atoms with Gasteiger partial charge in [0, 0.05) is 24.3 Å². The number of hydrogen-bond acceptors (Lipinski definition) is 7. The third kappa shape index (κ3) is 3.04. The molecule has 33 heavy (non-hydrogen) atoms. The summed E-state index contributed by atoms with van der Waals surface area (Å²) < 4.78 is 10.7. The number of esters is 2. The van der Waals surface area contributed by atoms with Crippen LogP contribution in [0.5, 0.6) is 0 Å². The quantitative estimate of drug-likeness (QED) is 0.490. The van der Waals surface area contributed by atoms with Crippen LogP contribution in [0.2, 0.25) is 0 Å². The van der Waals surface area contributed by atoms with Gasteiger partial charge in [0.2, 0.25) is 0 Å². The molecule has 7 heteroatoms. The Kier molecular flexibility index (Phi) is 5.33. The van der Waals surface area contributed by atoms with Crippen LogP contribution < -0.4 is 0 Å². The molecular weight excluding hydrogens is 424 g/mol. The first-order valence-electron chi connectivity index (χ1n) is 12.6. The van der Waals surface area contributed by atoms with Crippen LogP contribution in [0.15, 0.2) is 11.6 Å². The summed E-state index contributed by atoms with van der Waals surface area (Å²) in [5.41, 5.74) is -2.50. The molecule has 0 radical (unpaired) electrons. The van der Waals surface area contributed by atoms with Gasteiger partial charge in [-0.15, -0.1) is 0 Å². The summed E-state index contributed by atoms with van der Waals surface area (Å²) in [6.45, 7) is 4.19. The predicted molar refractivity (Wildman–Crippen MR) is 118 cm³/mol. The Morgan fingerprint density at radius 3 is 2.58 bits per heavy atom. The molecule has 0 aromatic carbocycles. The summed E-state index contributed by atoms with van der Waals surface area (Å²) in [5, 5.41) is 24.0. The first kappa shape index (κ1) is 23.0. The molecule has 0 aromatic rings. The van der Waals surface area contributed by atoms with Gasteiger partial charge in [-0.25, -0.2) is 4.79 Å². The lowest BCUT2D eigenvalue weighted by Gasteiger charge is -2.65. The molecule has 4 aliphatic carbocycles. The van der Waals surface area contributed by atoms with Gasteiger partial charge >= 0.3 is 11.9 Å². The highest BCUT2D eigenvalue weighted by Crippen LogP contribution is 2.70. The molecule has 0 spiro atoms. The van der Waals surface area contributed by atoms with Crippen LogP contribution in [0, 0.1) is 28.6 Å². The zero-order chi connectivity index (χ0) is 23.6. The third-order valence-electron chi connectivity index (χ3n) is 10.4. The minimum Gasteiger partial charge on any atom is -0.462 e. The lowest BCUT2D eigenvalue weighted by atomic mass is 9.41. The topological polar surface area (TPSA) is 110 Å². The number of fused-ring (bicyclic) bond motifs is 5. The fourth-order valence-electron chi connectivity index (χ4n) is 8.69. The number of ether oxygens (including phenoxy) is 2. The largest absolute Gasteiger partial charge is 0.462 e. The van der Waals surface area contributed by atoms with Gasteiger partial charge in [0.15, 0.2) is 0 Å². The second-order valence-corrected chi connectivity index (χ2v) is 11.4. The van der Waals surface area contributed by atoms with Crippen molar-refractivity contribution in [3.05, 3.63) is 11.6 Å². The molecule has 4 fully saturated rings. The van der Waals surface area contributed by atoms with E-state index in [4.69, 9.17) is 9.47 Å². The average molecular weight is 461 g/mol. The summed E-state index contributed by atoms with van der Waals surface area (Å²) in [4.78, 5) is 36.3. The molecule has 4 saturated carbocycles. The van der Waals surface area contributed by atoms with Crippen molar-refractivity contribution < 1.29 is 34.1 Å². The molecule has 0 amide bonds. The van der Waals surface area contributed by atoms with Crippen molar-refractivity contribution in [3.63, 3.8) is 0 Å². The summed E-state index contributed by atoms with van der Waals surface area (Å²) in [6.07, 6.45) is 7.76. The Balaban J connectivity index is 1.44. The number of rotatable bonds is 4. The van der Waals surface area contributed by atoms with Crippen LogP contribution in [-0.2, 0) is 23.9 Å². The Labute approximate surface area is 194 Å². The Bertz CT molecular complexity index is 897. The van der Waals surface area contributed by atoms with Crippen molar-refractivity contribution in [2.45, 2.75) is 95.4 Å². The minimum absolute atomic E-state index is 0.0832. The number of cyclic esters (lactones) is 1. The van der Waals surface area contributed by atoms with Crippen LogP contribution >= 0.6 is 0 Å². The molecule has 0 bridgehead atoms. The van der Waals surface area contributed by atoms with Crippen LogP contribution in [0.3, 0.4) is 0 Å². The molecule has 0 saturated heterocycles. The fraction of sp³-hybridized carbons (Fsp3) is 0.808. The van der Waals surface area contributed by atoms with Gasteiger partial charge in [0.1, 0.15) is 19.0 Å². The predicted octanol–water partition coefficient (Wildman–Crippen LogP) is 2.86. The van der Waals surface area contributed by atoms with Crippen molar-refractivity contribution in [1.82, 2.24) is 0 Å². The number of aldehydes is 1. The van der Waals surface area contributed by atoms with Crippen molar-refractivity contribution in [2.75, 3.05) is 6.61 Å². The number of carbonyl (C=O) groups excluding carboxylic acids is 3. The van der Waals surface area contributed by atoms with E-state index in [9.17, 15) is 24.6 Å². The lowest BCUT2D eigenvalue weighted by molar-refractivity contribution is -0.249. The van der Waals surface area contributed by atoms with Gasteiger partial charge in [-0.3, -0.25) is 4.79 Å². The summed E-state index contributed by atoms with van der Waals surface area (Å²) in [7, 11) is 0. The number of carbonyl (C=O) groups is 3. The average Bonchev–Trinajstić information content (AvgIpc) is 3.33. The van der Waals surface area contributed by atoms with E-state index >= 15 is 0 Å². The van der Waals surface area contributed by atoms with E-state index in [1.54, 1.807) is 13.0 Å². The maximum Gasteiger partial charge on any atom is 0.331 e. The second-order valence-electron chi connectivity index (χ2n) is 11.4. The molecule has 8 unspecified atom stereocenters. The van der Waals surface area contributed by atoms with Gasteiger partial charge in [0.05, 0.1) is 16.6 Å². The highest BCUT2D eigenvalue weighted by atomic mass is 16.5. The van der Waals surface area contributed by atoms with Gasteiger partial charge in [-0.2, -0.15) is 0 Å². The zero-order valence-corrected chi connectivity index (χ0v) is 19.7. The molecule has 8 atom stereocenters. The number of aliphatic hydroxyl groups is 2. The molecular formula is C26H36O7. The second kappa shape index (κ2) is 7.64. The van der Waals surface area contributed by atoms with E-state index in [2.05, 4.69) is 6.92 Å². The van der Waals surface area contributed by atoms with Crippen LogP contribution in [0.25, 0.3) is 0 Å². The standard InChI is InChI=1S/C26H36O7/c1-3-21(28)33-17-4-9-24(15-27)19-5-8-23(2)18(16-12-22(29)32-14-16)7-11-26(23,31)20(19)6-10-25(24,30)13-17/h12,15,17-20,30-31H,3-11,13-14H2,1-2H3. The lowest BCUT2D eigenvalue weighted by Crippen LogP contribution is -2.69. The van der Waals surface area contributed by atoms with Crippen molar-refractivity contribution >= 4 is 18.2 Å². The monoisotopic (exact) mass is 460 g/mol. The normalized spacial score (nSPS) is 48.7. The number of hydrogen-bond donors (Lipinski definition) is 2. The van der Waals surface area contributed by atoms with E-state index < -0.39 is 16.6 Å². The first-order chi connectivity index (χ1) is 15.6. The molecule has 7 nitrogen and oxygen atoms in total. The van der Waals surface area contributed by atoms with Gasteiger partial charge < -0.3 is 24.5 Å². The van der Waals surface area contributed by atoms with Crippen LogP contribution in [0.4, 0.5) is 0 Å². The summed E-state index contributed by atoms with van der Waals surface area (Å²) in [5.74, 6) is -0.684. The molecule has 182 valence electrons. The molecule has 2 N–H and O–H groups in total. The van der Waals surface area contributed by atoms with Crippen molar-refractivity contribution in [2.24, 2.45) is 28.6 Å². The minimum atomic E-state index is -1.22.